The summed E-state index contributed by atoms with van der Waals surface area (Å²) < 4.78 is 16.0. The van der Waals surface area contributed by atoms with Crippen molar-refractivity contribution in [1.29, 1.82) is 0 Å². The molecule has 21 heavy (non-hydrogen) atoms. The van der Waals surface area contributed by atoms with Crippen LogP contribution in [-0.2, 0) is 4.74 Å². The van der Waals surface area contributed by atoms with Crippen LogP contribution in [0.1, 0.15) is 17.3 Å². The van der Waals surface area contributed by atoms with Gasteiger partial charge in [0.15, 0.2) is 0 Å². The molecule has 6 nitrogen and oxygen atoms in total. The highest BCUT2D eigenvalue weighted by molar-refractivity contribution is 5.97. The molecule has 0 saturated carbocycles. The Hall–Kier alpha value is -1.79. The lowest BCUT2D eigenvalue weighted by atomic mass is 10.1. The second-order valence-electron chi connectivity index (χ2n) is 5.09. The number of methoxy groups -OCH3 is 2. The molecule has 1 aromatic rings. The van der Waals surface area contributed by atoms with Gasteiger partial charge in [-0.2, -0.15) is 0 Å². The molecule has 2 atom stereocenters. The number of nitrogens with zero attached hydrogens (tertiary/aromatic N) is 1. The smallest absolute Gasteiger partial charge is 0.257 e. The summed E-state index contributed by atoms with van der Waals surface area (Å²) in [6, 6.07) is 5.07. The zero-order valence-corrected chi connectivity index (χ0v) is 12.7. The number of carbonyl (C=O) groups is 1. The Morgan fingerprint density at radius 1 is 1.43 bits per heavy atom. The normalized spacial score (nSPS) is 20.0. The van der Waals surface area contributed by atoms with Crippen molar-refractivity contribution in [2.45, 2.75) is 19.1 Å². The van der Waals surface area contributed by atoms with E-state index in [-0.39, 0.29) is 18.1 Å². The molecule has 2 rings (SSSR count). The van der Waals surface area contributed by atoms with E-state index >= 15 is 0 Å². The summed E-state index contributed by atoms with van der Waals surface area (Å²) in [4.78, 5) is 14.5. The Labute approximate surface area is 124 Å². The van der Waals surface area contributed by atoms with Gasteiger partial charge >= 0.3 is 0 Å². The van der Waals surface area contributed by atoms with Crippen molar-refractivity contribution >= 4 is 5.91 Å². The van der Waals surface area contributed by atoms with Gasteiger partial charge in [0.25, 0.3) is 5.91 Å². The summed E-state index contributed by atoms with van der Waals surface area (Å²) in [5, 5.41) is 0. The van der Waals surface area contributed by atoms with Crippen LogP contribution in [-0.4, -0.2) is 56.9 Å². The third kappa shape index (κ3) is 3.46. The second-order valence-corrected chi connectivity index (χ2v) is 5.09. The zero-order chi connectivity index (χ0) is 15.4. The summed E-state index contributed by atoms with van der Waals surface area (Å²) >= 11 is 0. The van der Waals surface area contributed by atoms with E-state index in [2.05, 4.69) is 0 Å². The molecule has 0 aromatic heterocycles. The van der Waals surface area contributed by atoms with Gasteiger partial charge in [-0.1, -0.05) is 0 Å². The van der Waals surface area contributed by atoms with Gasteiger partial charge in [0.1, 0.15) is 11.5 Å². The summed E-state index contributed by atoms with van der Waals surface area (Å²) in [5.74, 6) is 1.06. The van der Waals surface area contributed by atoms with E-state index < -0.39 is 0 Å². The molecule has 0 bridgehead atoms. The van der Waals surface area contributed by atoms with E-state index in [0.29, 0.717) is 36.8 Å². The number of nitrogens with two attached hydrogens (primary N) is 1. The highest BCUT2D eigenvalue weighted by Crippen LogP contribution is 2.26. The lowest BCUT2D eigenvalue weighted by Gasteiger charge is -2.35. The van der Waals surface area contributed by atoms with E-state index in [1.165, 1.54) is 0 Å². The first-order valence-electron chi connectivity index (χ1n) is 6.95. The fourth-order valence-electron chi connectivity index (χ4n) is 2.33. The van der Waals surface area contributed by atoms with Gasteiger partial charge in [-0.3, -0.25) is 4.79 Å². The van der Waals surface area contributed by atoms with Gasteiger partial charge in [0.05, 0.1) is 32.5 Å². The molecular weight excluding hydrogens is 272 g/mol. The van der Waals surface area contributed by atoms with Crippen molar-refractivity contribution in [2.75, 3.05) is 33.9 Å². The minimum absolute atomic E-state index is 0.0975. The predicted octanol–water partition coefficient (Wildman–Crippen LogP) is 0.892. The van der Waals surface area contributed by atoms with E-state index in [0.717, 1.165) is 0 Å². The van der Waals surface area contributed by atoms with Crippen LogP contribution < -0.4 is 15.2 Å². The molecule has 1 aromatic carbocycles. The SMILES string of the molecule is COc1ccc(OC)c(C(=O)N2CCOC(C(C)N)C2)c1. The van der Waals surface area contributed by atoms with Crippen LogP contribution in [0.4, 0.5) is 0 Å². The second kappa shape index (κ2) is 6.78. The summed E-state index contributed by atoms with van der Waals surface area (Å²) in [6.07, 6.45) is -0.140. The van der Waals surface area contributed by atoms with E-state index in [9.17, 15) is 4.79 Å². The van der Waals surface area contributed by atoms with Crippen LogP contribution in [0.25, 0.3) is 0 Å². The molecule has 6 heteroatoms. The number of morpholine rings is 1. The number of hydrogen-bond donors (Lipinski definition) is 1. The van der Waals surface area contributed by atoms with Crippen molar-refractivity contribution in [3.05, 3.63) is 23.8 Å². The van der Waals surface area contributed by atoms with Gasteiger partial charge in [0.2, 0.25) is 0 Å². The van der Waals surface area contributed by atoms with E-state index in [4.69, 9.17) is 19.9 Å². The molecule has 2 N–H and O–H groups in total. The lowest BCUT2D eigenvalue weighted by Crippen LogP contribution is -2.51. The maximum Gasteiger partial charge on any atom is 0.257 e. The minimum atomic E-state index is -0.140. The highest BCUT2D eigenvalue weighted by Gasteiger charge is 2.28. The highest BCUT2D eigenvalue weighted by atomic mass is 16.5. The topological polar surface area (TPSA) is 74.0 Å². The van der Waals surface area contributed by atoms with Crippen LogP contribution >= 0.6 is 0 Å². The number of amides is 1. The fraction of sp³-hybridized carbons (Fsp3) is 0.533. The van der Waals surface area contributed by atoms with Gasteiger partial charge in [-0.15, -0.1) is 0 Å². The first-order valence-corrected chi connectivity index (χ1v) is 6.95. The molecule has 1 aliphatic rings. The van der Waals surface area contributed by atoms with Crippen molar-refractivity contribution in [3.8, 4) is 11.5 Å². The van der Waals surface area contributed by atoms with Crippen LogP contribution in [0.3, 0.4) is 0 Å². The van der Waals surface area contributed by atoms with Gasteiger partial charge in [-0.25, -0.2) is 0 Å². The molecule has 0 spiro atoms. The average Bonchev–Trinajstić information content (AvgIpc) is 2.53. The maximum absolute atomic E-state index is 12.7. The molecule has 1 aliphatic heterocycles. The number of ether oxygens (including phenoxy) is 3. The van der Waals surface area contributed by atoms with E-state index in [1.807, 2.05) is 6.92 Å². The van der Waals surface area contributed by atoms with Crippen LogP contribution in [0, 0.1) is 0 Å². The fourth-order valence-corrected chi connectivity index (χ4v) is 2.33. The van der Waals surface area contributed by atoms with Crippen LogP contribution in [0.5, 0.6) is 11.5 Å². The van der Waals surface area contributed by atoms with Crippen LogP contribution in [0.15, 0.2) is 18.2 Å². The van der Waals surface area contributed by atoms with Crippen molar-refractivity contribution in [2.24, 2.45) is 5.73 Å². The zero-order valence-electron chi connectivity index (χ0n) is 12.7. The average molecular weight is 294 g/mol. The molecule has 1 fully saturated rings. The number of benzene rings is 1. The first kappa shape index (κ1) is 15.6. The Bertz CT molecular complexity index is 504. The number of carbonyl (C=O) groups excluding carboxylic acids is 1. The minimum Gasteiger partial charge on any atom is -0.497 e. The monoisotopic (exact) mass is 294 g/mol. The summed E-state index contributed by atoms with van der Waals surface area (Å²) in [6.45, 7) is 3.40. The third-order valence-electron chi connectivity index (χ3n) is 3.60. The summed E-state index contributed by atoms with van der Waals surface area (Å²) in [7, 11) is 3.11. The van der Waals surface area contributed by atoms with Crippen molar-refractivity contribution in [1.82, 2.24) is 4.90 Å². The summed E-state index contributed by atoms with van der Waals surface area (Å²) in [5.41, 5.74) is 6.35. The molecule has 1 heterocycles. The Morgan fingerprint density at radius 2 is 2.19 bits per heavy atom. The predicted molar refractivity (Wildman–Crippen MR) is 78.8 cm³/mol. The Balaban J connectivity index is 2.22. The first-order chi connectivity index (χ1) is 10.1. The number of hydrogen-bond acceptors (Lipinski definition) is 5. The molecule has 116 valence electrons. The molecule has 0 radical (unpaired) electrons. The van der Waals surface area contributed by atoms with E-state index in [1.54, 1.807) is 37.3 Å². The van der Waals surface area contributed by atoms with Crippen molar-refractivity contribution < 1.29 is 19.0 Å². The van der Waals surface area contributed by atoms with Gasteiger partial charge < -0.3 is 24.8 Å². The van der Waals surface area contributed by atoms with Crippen LogP contribution in [0.2, 0.25) is 0 Å². The molecular formula is C15H22N2O4. The Morgan fingerprint density at radius 3 is 2.81 bits per heavy atom. The van der Waals surface area contributed by atoms with Gasteiger partial charge in [0, 0.05) is 19.1 Å². The maximum atomic E-state index is 12.7. The Kier molecular flexibility index (Phi) is 5.03. The standard InChI is InChI=1S/C15H22N2O4/c1-10(16)14-9-17(6-7-21-14)15(18)12-8-11(19-2)4-5-13(12)20-3/h4-5,8,10,14H,6-7,9,16H2,1-3H3. The molecule has 0 aliphatic carbocycles. The third-order valence-corrected chi connectivity index (χ3v) is 3.60. The number of rotatable bonds is 4. The molecule has 1 amide bonds. The quantitative estimate of drug-likeness (QED) is 0.893. The van der Waals surface area contributed by atoms with Gasteiger partial charge in [-0.05, 0) is 25.1 Å². The molecule has 1 saturated heterocycles. The lowest BCUT2D eigenvalue weighted by molar-refractivity contribution is -0.0300. The molecule has 2 unspecified atom stereocenters. The largest absolute Gasteiger partial charge is 0.497 e. The van der Waals surface area contributed by atoms with Crippen molar-refractivity contribution in [3.63, 3.8) is 0 Å².